The van der Waals surface area contributed by atoms with Crippen molar-refractivity contribution in [2.45, 2.75) is 13.1 Å². The molecule has 4 N–H and O–H groups in total. The van der Waals surface area contributed by atoms with Crippen molar-refractivity contribution >= 4 is 38.3 Å². The van der Waals surface area contributed by atoms with Crippen molar-refractivity contribution < 1.29 is 13.2 Å². The van der Waals surface area contributed by atoms with Gasteiger partial charge in [0.1, 0.15) is 0 Å². The smallest absolute Gasteiger partial charge is 0.280 e. The van der Waals surface area contributed by atoms with Crippen LogP contribution in [-0.2, 0) is 28.1 Å². The molecule has 0 aliphatic rings. The fourth-order valence-electron chi connectivity index (χ4n) is 3.38. The third-order valence-electron chi connectivity index (χ3n) is 5.15. The van der Waals surface area contributed by atoms with Crippen LogP contribution in [0.4, 0.5) is 10.8 Å². The lowest BCUT2D eigenvalue weighted by atomic mass is 10.1. The number of nitrogens with zero attached hydrogens (tertiary/aromatic N) is 2. The summed E-state index contributed by atoms with van der Waals surface area (Å²) in [4.78, 5) is 17.1. The molecule has 0 bridgehead atoms. The van der Waals surface area contributed by atoms with Crippen molar-refractivity contribution in [1.29, 1.82) is 0 Å². The van der Waals surface area contributed by atoms with Crippen LogP contribution in [0.25, 0.3) is 11.3 Å². The molecule has 35 heavy (non-hydrogen) atoms. The highest BCUT2D eigenvalue weighted by molar-refractivity contribution is 7.87. The molecule has 180 valence electrons. The molecule has 0 aliphatic heterocycles. The Morgan fingerprint density at radius 1 is 0.914 bits per heavy atom. The molecule has 0 spiro atoms. The molecule has 8 nitrogen and oxygen atoms in total. The minimum atomic E-state index is -3.94. The first-order chi connectivity index (χ1) is 16.9. The number of hydrogen-bond acceptors (Lipinski definition) is 6. The van der Waals surface area contributed by atoms with Crippen LogP contribution in [-0.4, -0.2) is 30.2 Å². The van der Waals surface area contributed by atoms with Crippen molar-refractivity contribution in [3.05, 3.63) is 101 Å². The van der Waals surface area contributed by atoms with E-state index in [1.54, 1.807) is 12.1 Å². The van der Waals surface area contributed by atoms with Crippen molar-refractivity contribution in [2.75, 3.05) is 17.6 Å². The van der Waals surface area contributed by atoms with Crippen LogP contribution in [0.1, 0.15) is 11.1 Å². The Labute approximate surface area is 208 Å². The number of benzene rings is 3. The maximum atomic E-state index is 13.1. The number of anilines is 2. The standard InChI is InChI=1S/C25H25N5O3S2/c26-25-29-23(18-34-25)21-11-13-22(14-12-21)28-24(31)17-30(16-20-9-5-2-6-10-20)35(32,33)27-15-19-7-3-1-4-8-19/h1-14,18,27H,15-17H2,(H2,26,29)(H,28,31). The van der Waals surface area contributed by atoms with Crippen molar-refractivity contribution in [3.8, 4) is 11.3 Å². The van der Waals surface area contributed by atoms with Gasteiger partial charge in [-0.05, 0) is 23.3 Å². The van der Waals surface area contributed by atoms with Gasteiger partial charge in [-0.15, -0.1) is 11.3 Å². The van der Waals surface area contributed by atoms with E-state index in [1.165, 1.54) is 11.3 Å². The van der Waals surface area contributed by atoms with E-state index in [1.807, 2.05) is 78.2 Å². The van der Waals surface area contributed by atoms with Gasteiger partial charge in [-0.3, -0.25) is 4.79 Å². The minimum absolute atomic E-state index is 0.0581. The Balaban J connectivity index is 1.45. The van der Waals surface area contributed by atoms with Crippen molar-refractivity contribution in [1.82, 2.24) is 14.0 Å². The van der Waals surface area contributed by atoms with Gasteiger partial charge < -0.3 is 11.1 Å². The molecule has 10 heteroatoms. The van der Waals surface area contributed by atoms with E-state index < -0.39 is 16.1 Å². The first-order valence-electron chi connectivity index (χ1n) is 10.8. The van der Waals surface area contributed by atoms with Crippen LogP contribution < -0.4 is 15.8 Å². The van der Waals surface area contributed by atoms with Crippen LogP contribution >= 0.6 is 11.3 Å². The fraction of sp³-hybridized carbons (Fsp3) is 0.120. The zero-order valence-corrected chi connectivity index (χ0v) is 20.4. The number of aromatic nitrogens is 1. The average Bonchev–Trinajstić information content (AvgIpc) is 3.30. The molecule has 4 aromatic rings. The van der Waals surface area contributed by atoms with Gasteiger partial charge in [0, 0.05) is 29.7 Å². The van der Waals surface area contributed by atoms with Crippen molar-refractivity contribution in [2.24, 2.45) is 0 Å². The highest BCUT2D eigenvalue weighted by Crippen LogP contribution is 2.24. The summed E-state index contributed by atoms with van der Waals surface area (Å²) in [6, 6.07) is 25.5. The zero-order valence-electron chi connectivity index (χ0n) is 18.8. The summed E-state index contributed by atoms with van der Waals surface area (Å²) in [6.07, 6.45) is 0. The Morgan fingerprint density at radius 2 is 1.54 bits per heavy atom. The number of nitrogen functional groups attached to an aromatic ring is 1. The molecular weight excluding hydrogens is 482 g/mol. The van der Waals surface area contributed by atoms with Gasteiger partial charge in [-0.1, -0.05) is 72.8 Å². The van der Waals surface area contributed by atoms with Gasteiger partial charge in [0.15, 0.2) is 5.13 Å². The van der Waals surface area contributed by atoms with E-state index in [0.29, 0.717) is 10.8 Å². The molecule has 1 heterocycles. The molecule has 1 amide bonds. The van der Waals surface area contributed by atoms with Gasteiger partial charge in [0.25, 0.3) is 10.2 Å². The lowest BCUT2D eigenvalue weighted by Crippen LogP contribution is -2.43. The molecule has 0 unspecified atom stereocenters. The highest BCUT2D eigenvalue weighted by Gasteiger charge is 2.25. The second-order valence-corrected chi connectivity index (χ2v) is 10.4. The number of rotatable bonds is 10. The summed E-state index contributed by atoms with van der Waals surface area (Å²) in [5.74, 6) is -0.448. The third-order valence-corrected chi connectivity index (χ3v) is 7.27. The van der Waals surface area contributed by atoms with Gasteiger partial charge >= 0.3 is 0 Å². The Kier molecular flexibility index (Phi) is 7.88. The monoisotopic (exact) mass is 507 g/mol. The fourth-order valence-corrected chi connectivity index (χ4v) is 5.09. The Bertz CT molecular complexity index is 1360. The second-order valence-electron chi connectivity index (χ2n) is 7.76. The SMILES string of the molecule is Nc1nc(-c2ccc(NC(=O)CN(Cc3ccccc3)S(=O)(=O)NCc3ccccc3)cc2)cs1. The molecule has 3 aromatic carbocycles. The number of nitrogens with one attached hydrogen (secondary N) is 2. The summed E-state index contributed by atoms with van der Waals surface area (Å²) < 4.78 is 30.0. The predicted octanol–water partition coefficient (Wildman–Crippen LogP) is 3.87. The maximum absolute atomic E-state index is 13.1. The summed E-state index contributed by atoms with van der Waals surface area (Å²) in [7, 11) is -3.94. The summed E-state index contributed by atoms with van der Waals surface area (Å²) in [5.41, 5.74) is 9.47. The van der Waals surface area contributed by atoms with Gasteiger partial charge in [0.05, 0.1) is 12.2 Å². The van der Waals surface area contributed by atoms with Crippen LogP contribution in [0.3, 0.4) is 0 Å². The number of nitrogens with two attached hydrogens (primary N) is 1. The lowest BCUT2D eigenvalue weighted by molar-refractivity contribution is -0.116. The van der Waals surface area contributed by atoms with Gasteiger partial charge in [0.2, 0.25) is 5.91 Å². The summed E-state index contributed by atoms with van der Waals surface area (Å²) in [5, 5.41) is 5.12. The normalized spacial score (nSPS) is 11.5. The zero-order chi connectivity index (χ0) is 24.7. The maximum Gasteiger partial charge on any atom is 0.280 e. The molecular formula is C25H25N5O3S2. The predicted molar refractivity (Wildman–Crippen MR) is 140 cm³/mol. The van der Waals surface area contributed by atoms with Crippen molar-refractivity contribution in [3.63, 3.8) is 0 Å². The van der Waals surface area contributed by atoms with E-state index >= 15 is 0 Å². The highest BCUT2D eigenvalue weighted by atomic mass is 32.2. The Morgan fingerprint density at radius 3 is 2.14 bits per heavy atom. The summed E-state index contributed by atoms with van der Waals surface area (Å²) in [6.45, 7) is -0.162. The second kappa shape index (κ2) is 11.2. The summed E-state index contributed by atoms with van der Waals surface area (Å²) >= 11 is 1.35. The molecule has 0 saturated carbocycles. The van der Waals surface area contributed by atoms with Crippen LogP contribution in [0.5, 0.6) is 0 Å². The number of thiazole rings is 1. The van der Waals surface area contributed by atoms with E-state index in [4.69, 9.17) is 5.73 Å². The molecule has 0 aliphatic carbocycles. The van der Waals surface area contributed by atoms with Crippen LogP contribution in [0, 0.1) is 0 Å². The molecule has 0 atom stereocenters. The number of amides is 1. The number of carbonyl (C=O) groups is 1. The van der Waals surface area contributed by atoms with Crippen LogP contribution in [0.15, 0.2) is 90.3 Å². The first-order valence-corrected chi connectivity index (χ1v) is 13.1. The number of carbonyl (C=O) groups excluding carboxylic acids is 1. The van der Waals surface area contributed by atoms with E-state index in [2.05, 4.69) is 15.0 Å². The molecule has 0 saturated heterocycles. The van der Waals surface area contributed by atoms with Crippen LogP contribution in [0.2, 0.25) is 0 Å². The molecule has 4 rings (SSSR count). The molecule has 0 radical (unpaired) electrons. The average molecular weight is 508 g/mol. The largest absolute Gasteiger partial charge is 0.375 e. The van der Waals surface area contributed by atoms with E-state index in [9.17, 15) is 13.2 Å². The molecule has 1 aromatic heterocycles. The molecule has 0 fully saturated rings. The van der Waals surface area contributed by atoms with E-state index in [-0.39, 0.29) is 19.6 Å². The Hall–Kier alpha value is -3.57. The van der Waals surface area contributed by atoms with E-state index in [0.717, 1.165) is 26.7 Å². The topological polar surface area (TPSA) is 117 Å². The van der Waals surface area contributed by atoms with Gasteiger partial charge in [-0.2, -0.15) is 17.4 Å². The lowest BCUT2D eigenvalue weighted by Gasteiger charge is -2.22. The first kappa shape index (κ1) is 24.6. The number of hydrogen-bond donors (Lipinski definition) is 3. The minimum Gasteiger partial charge on any atom is -0.375 e. The third kappa shape index (κ3) is 6.96. The quantitative estimate of drug-likeness (QED) is 0.301. The van der Waals surface area contributed by atoms with Gasteiger partial charge in [-0.25, -0.2) is 4.98 Å².